The first-order valence-corrected chi connectivity index (χ1v) is 9.39. The number of anilines is 1. The highest BCUT2D eigenvalue weighted by atomic mass is 16.5. The highest BCUT2D eigenvalue weighted by molar-refractivity contribution is 6.04. The third-order valence-corrected chi connectivity index (χ3v) is 5.00. The molecule has 0 saturated carbocycles. The zero-order valence-corrected chi connectivity index (χ0v) is 16.2. The maximum atomic E-state index is 12.9. The Morgan fingerprint density at radius 3 is 2.89 bits per heavy atom. The smallest absolute Gasteiger partial charge is 0.263 e. The van der Waals surface area contributed by atoms with Crippen LogP contribution in [0.15, 0.2) is 29.2 Å². The molecule has 146 valence electrons. The largest absolute Gasteiger partial charge is 0.376 e. The Hall–Kier alpha value is -3.00. The lowest BCUT2D eigenvalue weighted by atomic mass is 10.1. The van der Waals surface area contributed by atoms with Gasteiger partial charge in [0.1, 0.15) is 5.56 Å². The van der Waals surface area contributed by atoms with Crippen LogP contribution in [0.5, 0.6) is 0 Å². The summed E-state index contributed by atoms with van der Waals surface area (Å²) in [6.07, 6.45) is 3.66. The van der Waals surface area contributed by atoms with Crippen LogP contribution in [0, 0.1) is 20.8 Å². The van der Waals surface area contributed by atoms with Gasteiger partial charge in [-0.05, 0) is 51.3 Å². The van der Waals surface area contributed by atoms with Crippen LogP contribution in [-0.4, -0.2) is 37.8 Å². The van der Waals surface area contributed by atoms with Gasteiger partial charge in [0.25, 0.3) is 11.5 Å². The minimum atomic E-state index is -0.470. The highest BCUT2D eigenvalue weighted by Gasteiger charge is 2.21. The van der Waals surface area contributed by atoms with E-state index in [4.69, 9.17) is 4.74 Å². The van der Waals surface area contributed by atoms with E-state index in [0.29, 0.717) is 23.6 Å². The van der Waals surface area contributed by atoms with Gasteiger partial charge in [-0.1, -0.05) is 0 Å². The van der Waals surface area contributed by atoms with Crippen molar-refractivity contribution >= 4 is 17.4 Å². The second-order valence-corrected chi connectivity index (χ2v) is 7.26. The number of hydrogen-bond donors (Lipinski definition) is 1. The Bertz CT molecular complexity index is 1110. The van der Waals surface area contributed by atoms with E-state index in [1.807, 2.05) is 19.9 Å². The first kappa shape index (κ1) is 18.4. The maximum absolute atomic E-state index is 12.9. The van der Waals surface area contributed by atoms with Gasteiger partial charge in [-0.2, -0.15) is 0 Å². The summed E-state index contributed by atoms with van der Waals surface area (Å²) >= 11 is 0. The van der Waals surface area contributed by atoms with E-state index in [9.17, 15) is 9.59 Å². The lowest BCUT2D eigenvalue weighted by Crippen LogP contribution is -2.32. The minimum Gasteiger partial charge on any atom is -0.376 e. The number of amides is 1. The standard InChI is InChI=1S/C20H23N5O3/c1-12-6-7-24(11-15-5-4-8-28-15)20(27)18(12)19(26)22-16-10-17-21-13(2)9-14(3)25(17)23-16/h6-7,9-10,15H,4-5,8,11H2,1-3H3,(H,22,23,26). The summed E-state index contributed by atoms with van der Waals surface area (Å²) in [5.41, 5.74) is 2.87. The monoisotopic (exact) mass is 381 g/mol. The van der Waals surface area contributed by atoms with Crippen molar-refractivity contribution in [3.05, 3.63) is 57.3 Å². The molecule has 8 nitrogen and oxygen atoms in total. The molecule has 28 heavy (non-hydrogen) atoms. The Balaban J connectivity index is 1.62. The Labute approximate surface area is 162 Å². The van der Waals surface area contributed by atoms with Gasteiger partial charge >= 0.3 is 0 Å². The third kappa shape index (κ3) is 3.43. The zero-order valence-electron chi connectivity index (χ0n) is 16.2. The third-order valence-electron chi connectivity index (χ3n) is 5.00. The van der Waals surface area contributed by atoms with Gasteiger partial charge in [0.2, 0.25) is 0 Å². The predicted molar refractivity (Wildman–Crippen MR) is 105 cm³/mol. The summed E-state index contributed by atoms with van der Waals surface area (Å²) in [6, 6.07) is 5.39. The Morgan fingerprint density at radius 1 is 1.32 bits per heavy atom. The fraction of sp³-hybridized carbons (Fsp3) is 0.400. The molecule has 1 fully saturated rings. The van der Waals surface area contributed by atoms with Gasteiger partial charge in [0, 0.05) is 30.3 Å². The zero-order chi connectivity index (χ0) is 19.8. The van der Waals surface area contributed by atoms with Crippen LogP contribution < -0.4 is 10.9 Å². The summed E-state index contributed by atoms with van der Waals surface area (Å²) in [7, 11) is 0. The second-order valence-electron chi connectivity index (χ2n) is 7.26. The van der Waals surface area contributed by atoms with Gasteiger partial charge in [-0.3, -0.25) is 9.59 Å². The molecule has 0 bridgehead atoms. The number of nitrogens with one attached hydrogen (secondary N) is 1. The number of pyridine rings is 1. The number of carbonyl (C=O) groups excluding carboxylic acids is 1. The molecular formula is C20H23N5O3. The molecule has 3 aromatic heterocycles. The summed E-state index contributed by atoms with van der Waals surface area (Å²) in [5.74, 6) is -0.110. The van der Waals surface area contributed by atoms with Crippen LogP contribution in [-0.2, 0) is 11.3 Å². The van der Waals surface area contributed by atoms with E-state index in [2.05, 4.69) is 15.4 Å². The SMILES string of the molecule is Cc1cc(C)n2nc(NC(=O)c3c(C)ccn(CC4CCCO4)c3=O)cc2n1. The van der Waals surface area contributed by atoms with Gasteiger partial charge in [-0.15, -0.1) is 5.10 Å². The Morgan fingerprint density at radius 2 is 2.14 bits per heavy atom. The van der Waals surface area contributed by atoms with Crippen molar-refractivity contribution in [2.45, 2.75) is 46.3 Å². The van der Waals surface area contributed by atoms with Gasteiger partial charge in [-0.25, -0.2) is 9.50 Å². The van der Waals surface area contributed by atoms with Crippen molar-refractivity contribution in [3.8, 4) is 0 Å². The molecule has 3 aromatic rings. The molecule has 8 heteroatoms. The topological polar surface area (TPSA) is 90.5 Å². The van der Waals surface area contributed by atoms with Crippen LogP contribution in [0.1, 0.15) is 40.2 Å². The number of fused-ring (bicyclic) bond motifs is 1. The van der Waals surface area contributed by atoms with Gasteiger partial charge in [0.15, 0.2) is 11.5 Å². The van der Waals surface area contributed by atoms with Crippen molar-refractivity contribution in [2.75, 3.05) is 11.9 Å². The summed E-state index contributed by atoms with van der Waals surface area (Å²) < 4.78 is 8.83. The van der Waals surface area contributed by atoms with E-state index in [-0.39, 0.29) is 17.2 Å². The highest BCUT2D eigenvalue weighted by Crippen LogP contribution is 2.15. The molecule has 4 rings (SSSR count). The molecule has 1 unspecified atom stereocenters. The molecule has 1 amide bonds. The molecule has 1 aliphatic rings. The average Bonchev–Trinajstić information content (AvgIpc) is 3.27. The number of carbonyl (C=O) groups is 1. The molecule has 4 heterocycles. The number of hydrogen-bond acceptors (Lipinski definition) is 5. The van der Waals surface area contributed by atoms with E-state index in [1.165, 1.54) is 0 Å². The predicted octanol–water partition coefficient (Wildman–Crippen LogP) is 2.25. The first-order valence-electron chi connectivity index (χ1n) is 9.39. The molecule has 1 atom stereocenters. The Kier molecular flexibility index (Phi) is 4.72. The fourth-order valence-electron chi connectivity index (χ4n) is 3.62. The second kappa shape index (κ2) is 7.20. The van der Waals surface area contributed by atoms with Gasteiger partial charge in [0.05, 0.1) is 12.6 Å². The molecule has 1 aliphatic heterocycles. The van der Waals surface area contributed by atoms with Crippen LogP contribution in [0.2, 0.25) is 0 Å². The minimum absolute atomic E-state index is 0.0204. The molecule has 0 aliphatic carbocycles. The van der Waals surface area contributed by atoms with Crippen LogP contribution in [0.3, 0.4) is 0 Å². The van der Waals surface area contributed by atoms with Crippen molar-refractivity contribution in [1.29, 1.82) is 0 Å². The lowest BCUT2D eigenvalue weighted by Gasteiger charge is -2.14. The van der Waals surface area contributed by atoms with Crippen molar-refractivity contribution in [1.82, 2.24) is 19.2 Å². The summed E-state index contributed by atoms with van der Waals surface area (Å²) in [4.78, 5) is 30.2. The lowest BCUT2D eigenvalue weighted by molar-refractivity contribution is 0.0952. The molecule has 0 spiro atoms. The van der Waals surface area contributed by atoms with Gasteiger partial charge < -0.3 is 14.6 Å². The summed E-state index contributed by atoms with van der Waals surface area (Å²) in [5, 5.41) is 7.12. The number of aromatic nitrogens is 4. The summed E-state index contributed by atoms with van der Waals surface area (Å²) in [6.45, 7) is 6.76. The molecular weight excluding hydrogens is 358 g/mol. The molecule has 1 saturated heterocycles. The first-order chi connectivity index (χ1) is 13.4. The molecule has 0 aromatic carbocycles. The average molecular weight is 381 g/mol. The normalized spacial score (nSPS) is 16.6. The maximum Gasteiger partial charge on any atom is 0.263 e. The quantitative estimate of drug-likeness (QED) is 0.749. The fourth-order valence-corrected chi connectivity index (χ4v) is 3.62. The molecule has 1 N–H and O–H groups in total. The number of nitrogens with zero attached hydrogens (tertiary/aromatic N) is 4. The van der Waals surface area contributed by atoms with E-state index in [0.717, 1.165) is 30.8 Å². The van der Waals surface area contributed by atoms with Crippen molar-refractivity contribution in [2.24, 2.45) is 0 Å². The van der Waals surface area contributed by atoms with Crippen LogP contribution in [0.4, 0.5) is 5.82 Å². The van der Waals surface area contributed by atoms with Crippen molar-refractivity contribution < 1.29 is 9.53 Å². The van der Waals surface area contributed by atoms with Crippen LogP contribution in [0.25, 0.3) is 5.65 Å². The number of aryl methyl sites for hydroxylation is 3. The molecule has 0 radical (unpaired) electrons. The van der Waals surface area contributed by atoms with Crippen LogP contribution >= 0.6 is 0 Å². The number of rotatable bonds is 4. The number of ether oxygens (including phenoxy) is 1. The van der Waals surface area contributed by atoms with E-state index >= 15 is 0 Å². The van der Waals surface area contributed by atoms with Crippen molar-refractivity contribution in [3.63, 3.8) is 0 Å². The van der Waals surface area contributed by atoms with E-state index in [1.54, 1.807) is 34.3 Å². The van der Waals surface area contributed by atoms with E-state index < -0.39 is 5.91 Å².